The molecule has 0 saturated carbocycles. The van der Waals surface area contributed by atoms with Crippen LogP contribution in [0, 0.1) is 0 Å². The minimum atomic E-state index is -0.240. The number of furan rings is 1. The fourth-order valence-corrected chi connectivity index (χ4v) is 3.03. The van der Waals surface area contributed by atoms with Crippen molar-refractivity contribution in [2.75, 3.05) is 21.0 Å². The highest BCUT2D eigenvalue weighted by molar-refractivity contribution is 5.89. The van der Waals surface area contributed by atoms with E-state index in [9.17, 15) is 4.79 Å². The summed E-state index contributed by atoms with van der Waals surface area (Å²) in [6.45, 7) is 0.191. The molecule has 0 radical (unpaired) electrons. The summed E-state index contributed by atoms with van der Waals surface area (Å²) < 4.78 is 27.1. The summed E-state index contributed by atoms with van der Waals surface area (Å²) in [5.41, 5.74) is 2.49. The number of hydrogen-bond acceptors (Lipinski definition) is 6. The second-order valence-electron chi connectivity index (χ2n) is 5.97. The van der Waals surface area contributed by atoms with Crippen molar-refractivity contribution in [3.8, 4) is 28.6 Å². The second kappa shape index (κ2) is 6.63. The number of aryl methyl sites for hydroxylation is 1. The van der Waals surface area contributed by atoms with Gasteiger partial charge in [-0.2, -0.15) is 0 Å². The minimum Gasteiger partial charge on any atom is -0.493 e. The Labute approximate surface area is 150 Å². The van der Waals surface area contributed by atoms with Gasteiger partial charge in [0, 0.05) is 17.9 Å². The number of esters is 1. The highest BCUT2D eigenvalue weighted by Crippen LogP contribution is 2.40. The van der Waals surface area contributed by atoms with Gasteiger partial charge >= 0.3 is 5.97 Å². The number of hydrogen-bond donors (Lipinski definition) is 0. The summed E-state index contributed by atoms with van der Waals surface area (Å²) in [7, 11) is 2.99. The van der Waals surface area contributed by atoms with Gasteiger partial charge in [-0.05, 0) is 42.3 Å². The van der Waals surface area contributed by atoms with Gasteiger partial charge in [-0.3, -0.25) is 4.79 Å². The van der Waals surface area contributed by atoms with Crippen molar-refractivity contribution in [3.05, 3.63) is 42.0 Å². The maximum absolute atomic E-state index is 11.4. The molecule has 2 bridgehead atoms. The van der Waals surface area contributed by atoms with Gasteiger partial charge in [0.2, 0.25) is 6.79 Å². The molecule has 4 rings (SSSR count). The third kappa shape index (κ3) is 2.94. The van der Waals surface area contributed by atoms with Crippen LogP contribution in [0.15, 0.2) is 40.8 Å². The number of fused-ring (bicyclic) bond motifs is 3. The molecule has 0 amide bonds. The number of carbonyl (C=O) groups is 1. The zero-order valence-corrected chi connectivity index (χ0v) is 14.5. The molecule has 0 fully saturated rings. The van der Waals surface area contributed by atoms with Crippen LogP contribution < -0.4 is 14.2 Å². The second-order valence-corrected chi connectivity index (χ2v) is 5.97. The Morgan fingerprint density at radius 3 is 2.81 bits per heavy atom. The van der Waals surface area contributed by atoms with E-state index in [0.717, 1.165) is 28.0 Å². The van der Waals surface area contributed by atoms with Gasteiger partial charge in [-0.15, -0.1) is 0 Å². The molecular formula is C20H18O6. The lowest BCUT2D eigenvalue weighted by atomic mass is 10.1. The van der Waals surface area contributed by atoms with Crippen molar-refractivity contribution in [2.45, 2.75) is 12.8 Å². The summed E-state index contributed by atoms with van der Waals surface area (Å²) in [5, 5.41) is 0.905. The van der Waals surface area contributed by atoms with E-state index < -0.39 is 0 Å². The molecule has 2 heterocycles. The van der Waals surface area contributed by atoms with Gasteiger partial charge in [-0.1, -0.05) is 0 Å². The molecule has 0 N–H and O–H groups in total. The van der Waals surface area contributed by atoms with Crippen LogP contribution in [0.3, 0.4) is 0 Å². The molecule has 6 nitrogen and oxygen atoms in total. The summed E-state index contributed by atoms with van der Waals surface area (Å²) in [6, 6.07) is 11.5. The van der Waals surface area contributed by atoms with Gasteiger partial charge in [0.15, 0.2) is 11.3 Å². The molecular weight excluding hydrogens is 336 g/mol. The van der Waals surface area contributed by atoms with Crippen molar-refractivity contribution in [3.63, 3.8) is 0 Å². The number of rotatable bonds is 5. The predicted octanol–water partition coefficient (Wildman–Crippen LogP) is 3.94. The molecule has 0 saturated heterocycles. The Morgan fingerprint density at radius 2 is 2.00 bits per heavy atom. The Kier molecular flexibility index (Phi) is 4.16. The maximum Gasteiger partial charge on any atom is 0.305 e. The standard InChI is InChI=1S/C20H18O6/c1-22-18-8-12(3-6-19(21)23-2)7-13-9-17(26-20(13)18)15-5-4-14-10-16(15)25-11-24-14/h4-5,7-10H,3,6,11H2,1-2H3. The largest absolute Gasteiger partial charge is 0.493 e. The molecule has 1 aliphatic rings. The molecule has 3 aromatic rings. The van der Waals surface area contributed by atoms with Gasteiger partial charge in [0.1, 0.15) is 17.3 Å². The van der Waals surface area contributed by atoms with E-state index in [1.54, 1.807) is 7.11 Å². The van der Waals surface area contributed by atoms with Gasteiger partial charge in [0.25, 0.3) is 0 Å². The maximum atomic E-state index is 11.4. The topological polar surface area (TPSA) is 67.1 Å². The SMILES string of the molecule is COC(=O)CCc1cc(OC)c2oc(-c3ccc4cc3OCO4)cc2c1. The summed E-state index contributed by atoms with van der Waals surface area (Å²) in [6.07, 6.45) is 0.884. The number of benzene rings is 2. The Morgan fingerprint density at radius 1 is 1.12 bits per heavy atom. The monoisotopic (exact) mass is 354 g/mol. The van der Waals surface area contributed by atoms with Crippen LogP contribution in [0.25, 0.3) is 22.3 Å². The third-order valence-electron chi connectivity index (χ3n) is 4.37. The van der Waals surface area contributed by atoms with Crippen LogP contribution in [-0.4, -0.2) is 27.0 Å². The first kappa shape index (κ1) is 16.3. The smallest absolute Gasteiger partial charge is 0.305 e. The quantitative estimate of drug-likeness (QED) is 0.647. The van der Waals surface area contributed by atoms with Crippen LogP contribution in [0.2, 0.25) is 0 Å². The molecule has 26 heavy (non-hydrogen) atoms. The highest BCUT2D eigenvalue weighted by Gasteiger charge is 2.18. The Hall–Kier alpha value is -3.15. The van der Waals surface area contributed by atoms with Crippen LogP contribution in [0.5, 0.6) is 17.2 Å². The summed E-state index contributed by atoms with van der Waals surface area (Å²) in [4.78, 5) is 11.4. The van der Waals surface area contributed by atoms with E-state index in [1.165, 1.54) is 7.11 Å². The Bertz CT molecular complexity index is 972. The van der Waals surface area contributed by atoms with E-state index in [0.29, 0.717) is 29.9 Å². The lowest BCUT2D eigenvalue weighted by Crippen LogP contribution is -2.10. The average molecular weight is 354 g/mol. The first-order valence-corrected chi connectivity index (χ1v) is 8.25. The molecule has 0 aliphatic carbocycles. The van der Waals surface area contributed by atoms with E-state index in [4.69, 9.17) is 23.4 Å². The van der Waals surface area contributed by atoms with Crippen LogP contribution >= 0.6 is 0 Å². The molecule has 6 heteroatoms. The van der Waals surface area contributed by atoms with E-state index in [1.807, 2.05) is 36.4 Å². The zero-order chi connectivity index (χ0) is 18.1. The van der Waals surface area contributed by atoms with Crippen LogP contribution in [-0.2, 0) is 16.0 Å². The van der Waals surface area contributed by atoms with Crippen molar-refractivity contribution >= 4 is 16.9 Å². The molecule has 2 aromatic carbocycles. The summed E-state index contributed by atoms with van der Waals surface area (Å²) >= 11 is 0. The van der Waals surface area contributed by atoms with Crippen LogP contribution in [0.1, 0.15) is 12.0 Å². The normalized spacial score (nSPS) is 12.4. The van der Waals surface area contributed by atoms with Gasteiger partial charge in [0.05, 0.1) is 19.8 Å². The number of methoxy groups -OCH3 is 2. The number of ether oxygens (including phenoxy) is 4. The van der Waals surface area contributed by atoms with Crippen molar-refractivity contribution < 1.29 is 28.2 Å². The van der Waals surface area contributed by atoms with Crippen molar-refractivity contribution in [1.29, 1.82) is 0 Å². The molecule has 0 atom stereocenters. The zero-order valence-electron chi connectivity index (χ0n) is 14.5. The van der Waals surface area contributed by atoms with E-state index in [2.05, 4.69) is 0 Å². The third-order valence-corrected chi connectivity index (χ3v) is 4.37. The van der Waals surface area contributed by atoms with E-state index >= 15 is 0 Å². The lowest BCUT2D eigenvalue weighted by molar-refractivity contribution is -0.140. The predicted molar refractivity (Wildman–Crippen MR) is 94.7 cm³/mol. The molecule has 1 aromatic heterocycles. The number of carbonyl (C=O) groups excluding carboxylic acids is 1. The fraction of sp³-hybridized carbons (Fsp3) is 0.250. The van der Waals surface area contributed by atoms with Crippen molar-refractivity contribution in [1.82, 2.24) is 0 Å². The lowest BCUT2D eigenvalue weighted by Gasteiger charge is -2.17. The minimum absolute atomic E-state index is 0.191. The molecule has 1 aliphatic heterocycles. The van der Waals surface area contributed by atoms with Gasteiger partial charge < -0.3 is 23.4 Å². The fourth-order valence-electron chi connectivity index (χ4n) is 3.03. The first-order chi connectivity index (χ1) is 12.7. The average Bonchev–Trinajstić information content (AvgIpc) is 3.09. The van der Waals surface area contributed by atoms with Gasteiger partial charge in [-0.25, -0.2) is 0 Å². The molecule has 134 valence electrons. The summed E-state index contributed by atoms with van der Waals surface area (Å²) in [5.74, 6) is 2.57. The molecule has 0 unspecified atom stereocenters. The molecule has 0 spiro atoms. The van der Waals surface area contributed by atoms with Crippen LogP contribution in [0.4, 0.5) is 0 Å². The van der Waals surface area contributed by atoms with Crippen molar-refractivity contribution in [2.24, 2.45) is 0 Å². The van der Waals surface area contributed by atoms with E-state index in [-0.39, 0.29) is 12.8 Å². The first-order valence-electron chi connectivity index (χ1n) is 8.25. The Balaban J connectivity index is 1.73. The highest BCUT2D eigenvalue weighted by atomic mass is 16.7.